The molecule has 2 amide bonds. The van der Waals surface area contributed by atoms with Crippen molar-refractivity contribution in [3.63, 3.8) is 0 Å². The van der Waals surface area contributed by atoms with E-state index in [1.165, 1.54) is 5.56 Å². The van der Waals surface area contributed by atoms with Gasteiger partial charge in [-0.15, -0.1) is 0 Å². The topological polar surface area (TPSA) is 58.2 Å². The fraction of sp³-hybridized carbons (Fsp3) is 0.286. The molecule has 1 unspecified atom stereocenters. The Kier molecular flexibility index (Phi) is 8.72. The van der Waals surface area contributed by atoms with Crippen LogP contribution < -0.4 is 10.6 Å². The zero-order valence-corrected chi connectivity index (χ0v) is 20.3. The van der Waals surface area contributed by atoms with Crippen LogP contribution in [0.15, 0.2) is 84.9 Å². The molecule has 2 N–H and O–H groups in total. The van der Waals surface area contributed by atoms with E-state index < -0.39 is 6.04 Å². The second-order valence-electron chi connectivity index (χ2n) is 9.06. The lowest BCUT2D eigenvalue weighted by molar-refractivity contribution is -0.122. The highest BCUT2D eigenvalue weighted by Crippen LogP contribution is 2.22. The summed E-state index contributed by atoms with van der Waals surface area (Å²) in [5, 5.41) is 5.91. The minimum absolute atomic E-state index is 0.0168. The van der Waals surface area contributed by atoms with E-state index in [9.17, 15) is 9.59 Å². The molecule has 0 spiro atoms. The predicted octanol–water partition coefficient (Wildman–Crippen LogP) is 5.33. The molecule has 0 aliphatic heterocycles. The van der Waals surface area contributed by atoms with Gasteiger partial charge in [-0.05, 0) is 34.2 Å². The van der Waals surface area contributed by atoms with Crippen LogP contribution in [0, 0.1) is 0 Å². The van der Waals surface area contributed by atoms with Crippen LogP contribution in [0.1, 0.15) is 47.8 Å². The van der Waals surface area contributed by atoms with Gasteiger partial charge in [-0.1, -0.05) is 93.6 Å². The van der Waals surface area contributed by atoms with Gasteiger partial charge in [-0.25, -0.2) is 0 Å². The Hall–Kier alpha value is -3.05. The molecular weight excluding hydrogens is 428 g/mol. The molecule has 0 saturated carbocycles. The molecular formula is C28H32N2O2S. The van der Waals surface area contributed by atoms with Crippen molar-refractivity contribution in [3.8, 4) is 0 Å². The zero-order chi connectivity index (χ0) is 23.7. The molecule has 0 saturated heterocycles. The van der Waals surface area contributed by atoms with E-state index in [4.69, 9.17) is 0 Å². The molecule has 0 heterocycles. The van der Waals surface area contributed by atoms with Crippen LogP contribution in [0.2, 0.25) is 0 Å². The summed E-state index contributed by atoms with van der Waals surface area (Å²) in [6, 6.07) is 26.9. The number of rotatable bonds is 9. The normalized spacial score (nSPS) is 12.1. The number of thioether (sulfide) groups is 1. The Morgan fingerprint density at radius 1 is 0.818 bits per heavy atom. The Morgan fingerprint density at radius 3 is 1.97 bits per heavy atom. The summed E-state index contributed by atoms with van der Waals surface area (Å²) in [5.41, 5.74) is 3.94. The Bertz CT molecular complexity index is 1030. The van der Waals surface area contributed by atoms with Gasteiger partial charge in [0.2, 0.25) is 5.91 Å². The van der Waals surface area contributed by atoms with E-state index >= 15 is 0 Å². The standard InChI is InChI=1S/C28H32N2O2S/c1-28(2,3)24-16-14-23(15-17-24)26(31)30-25(20-33-19-22-12-8-5-9-13-22)27(32)29-18-21-10-6-4-7-11-21/h4-17,25H,18-20H2,1-3H3,(H,29,32)(H,30,31). The molecule has 33 heavy (non-hydrogen) atoms. The number of hydrogen-bond donors (Lipinski definition) is 2. The first kappa shape index (κ1) is 24.6. The maximum atomic E-state index is 13.0. The maximum Gasteiger partial charge on any atom is 0.251 e. The Morgan fingerprint density at radius 2 is 1.39 bits per heavy atom. The average molecular weight is 461 g/mol. The highest BCUT2D eigenvalue weighted by atomic mass is 32.2. The lowest BCUT2D eigenvalue weighted by atomic mass is 9.86. The third kappa shape index (κ3) is 7.79. The molecule has 0 aromatic heterocycles. The molecule has 4 nitrogen and oxygen atoms in total. The fourth-order valence-electron chi connectivity index (χ4n) is 3.32. The highest BCUT2D eigenvalue weighted by molar-refractivity contribution is 7.98. The smallest absolute Gasteiger partial charge is 0.251 e. The third-order valence-corrected chi connectivity index (χ3v) is 6.45. The van der Waals surface area contributed by atoms with Crippen molar-refractivity contribution in [2.75, 3.05) is 5.75 Å². The molecule has 3 aromatic rings. The van der Waals surface area contributed by atoms with Crippen LogP contribution in [0.3, 0.4) is 0 Å². The zero-order valence-electron chi connectivity index (χ0n) is 19.5. The van der Waals surface area contributed by atoms with Crippen LogP contribution in [-0.2, 0) is 22.5 Å². The first-order chi connectivity index (χ1) is 15.8. The monoisotopic (exact) mass is 460 g/mol. The van der Waals surface area contributed by atoms with Crippen molar-refractivity contribution in [1.82, 2.24) is 10.6 Å². The minimum atomic E-state index is -0.628. The van der Waals surface area contributed by atoms with Gasteiger partial charge < -0.3 is 10.6 Å². The Balaban J connectivity index is 1.65. The van der Waals surface area contributed by atoms with E-state index in [0.29, 0.717) is 17.9 Å². The number of carbonyl (C=O) groups is 2. The van der Waals surface area contributed by atoms with Crippen LogP contribution in [0.25, 0.3) is 0 Å². The van der Waals surface area contributed by atoms with Gasteiger partial charge in [0.25, 0.3) is 5.91 Å². The SMILES string of the molecule is CC(C)(C)c1ccc(C(=O)NC(CSCc2ccccc2)C(=O)NCc2ccccc2)cc1. The van der Waals surface area contributed by atoms with E-state index in [2.05, 4.69) is 43.5 Å². The lowest BCUT2D eigenvalue weighted by Gasteiger charge is -2.20. The first-order valence-corrected chi connectivity index (χ1v) is 12.3. The summed E-state index contributed by atoms with van der Waals surface area (Å²) in [6.07, 6.45) is 0. The predicted molar refractivity (Wildman–Crippen MR) is 137 cm³/mol. The molecule has 3 rings (SSSR count). The molecule has 0 aliphatic rings. The van der Waals surface area contributed by atoms with Gasteiger partial charge in [0.1, 0.15) is 6.04 Å². The number of amides is 2. The van der Waals surface area contributed by atoms with Crippen molar-refractivity contribution in [2.45, 2.75) is 44.5 Å². The van der Waals surface area contributed by atoms with Crippen molar-refractivity contribution in [2.24, 2.45) is 0 Å². The van der Waals surface area contributed by atoms with Gasteiger partial charge in [-0.3, -0.25) is 9.59 Å². The molecule has 1 atom stereocenters. The van der Waals surface area contributed by atoms with Crippen LogP contribution in [0.4, 0.5) is 0 Å². The average Bonchev–Trinajstić information content (AvgIpc) is 2.82. The fourth-order valence-corrected chi connectivity index (χ4v) is 4.34. The summed E-state index contributed by atoms with van der Waals surface area (Å²) >= 11 is 1.63. The van der Waals surface area contributed by atoms with Crippen molar-refractivity contribution in [3.05, 3.63) is 107 Å². The van der Waals surface area contributed by atoms with E-state index in [0.717, 1.165) is 16.9 Å². The molecule has 5 heteroatoms. The van der Waals surface area contributed by atoms with E-state index in [1.807, 2.05) is 72.8 Å². The van der Waals surface area contributed by atoms with E-state index in [1.54, 1.807) is 11.8 Å². The number of nitrogens with one attached hydrogen (secondary N) is 2. The van der Waals surface area contributed by atoms with Crippen LogP contribution in [0.5, 0.6) is 0 Å². The number of benzene rings is 3. The molecule has 0 bridgehead atoms. The summed E-state index contributed by atoms with van der Waals surface area (Å²) in [5.74, 6) is 0.843. The summed E-state index contributed by atoms with van der Waals surface area (Å²) in [7, 11) is 0. The first-order valence-electron chi connectivity index (χ1n) is 11.2. The van der Waals surface area contributed by atoms with Crippen molar-refractivity contribution >= 4 is 23.6 Å². The summed E-state index contributed by atoms with van der Waals surface area (Å²) < 4.78 is 0. The van der Waals surface area contributed by atoms with Crippen molar-refractivity contribution in [1.29, 1.82) is 0 Å². The van der Waals surface area contributed by atoms with Crippen LogP contribution in [-0.4, -0.2) is 23.6 Å². The van der Waals surface area contributed by atoms with Gasteiger partial charge in [0, 0.05) is 23.6 Å². The highest BCUT2D eigenvalue weighted by Gasteiger charge is 2.22. The van der Waals surface area contributed by atoms with Gasteiger partial charge >= 0.3 is 0 Å². The number of carbonyl (C=O) groups excluding carboxylic acids is 2. The Labute approximate surface area is 201 Å². The van der Waals surface area contributed by atoms with Gasteiger partial charge in [0.15, 0.2) is 0 Å². The molecule has 0 fully saturated rings. The molecule has 172 valence electrons. The quantitative estimate of drug-likeness (QED) is 0.454. The molecule has 0 aliphatic carbocycles. The second-order valence-corrected chi connectivity index (χ2v) is 10.1. The third-order valence-electron chi connectivity index (χ3n) is 5.34. The molecule has 0 radical (unpaired) electrons. The summed E-state index contributed by atoms with van der Waals surface area (Å²) in [6.45, 7) is 6.84. The van der Waals surface area contributed by atoms with E-state index in [-0.39, 0.29) is 17.2 Å². The van der Waals surface area contributed by atoms with Crippen molar-refractivity contribution < 1.29 is 9.59 Å². The minimum Gasteiger partial charge on any atom is -0.350 e. The number of hydrogen-bond acceptors (Lipinski definition) is 3. The van der Waals surface area contributed by atoms with Gasteiger partial charge in [-0.2, -0.15) is 11.8 Å². The largest absolute Gasteiger partial charge is 0.350 e. The molecule has 3 aromatic carbocycles. The lowest BCUT2D eigenvalue weighted by Crippen LogP contribution is -2.48. The van der Waals surface area contributed by atoms with Gasteiger partial charge in [0.05, 0.1) is 0 Å². The summed E-state index contributed by atoms with van der Waals surface area (Å²) in [4.78, 5) is 25.9. The maximum absolute atomic E-state index is 13.0. The van der Waals surface area contributed by atoms with Crippen LogP contribution >= 0.6 is 11.8 Å². The second kappa shape index (κ2) is 11.7.